The average molecular weight is 280 g/mol. The molecule has 0 bridgehead atoms. The van der Waals surface area contributed by atoms with Crippen LogP contribution in [-0.2, 0) is 11.2 Å². The summed E-state index contributed by atoms with van der Waals surface area (Å²) in [6, 6.07) is 8.65. The van der Waals surface area contributed by atoms with Crippen LogP contribution in [0.1, 0.15) is 36.5 Å². The first kappa shape index (κ1) is 13.4. The van der Waals surface area contributed by atoms with E-state index in [-0.39, 0.29) is 6.10 Å². The van der Waals surface area contributed by atoms with Crippen LogP contribution in [-0.4, -0.2) is 25.6 Å². The first-order valence-corrected chi connectivity index (χ1v) is 7.83. The molecule has 3 heteroatoms. The number of ether oxygens (including phenoxy) is 1. The molecule has 0 amide bonds. The fraction of sp³-hybridized carbons (Fsp3) is 0.625. The van der Waals surface area contributed by atoms with E-state index in [4.69, 9.17) is 16.3 Å². The molecule has 1 aliphatic heterocycles. The lowest BCUT2D eigenvalue weighted by Gasteiger charge is -2.27. The summed E-state index contributed by atoms with van der Waals surface area (Å²) in [5.74, 6) is 0.782. The van der Waals surface area contributed by atoms with Gasteiger partial charge in [-0.25, -0.2) is 0 Å². The summed E-state index contributed by atoms with van der Waals surface area (Å²) in [6.07, 6.45) is 5.06. The minimum absolute atomic E-state index is 0.219. The van der Waals surface area contributed by atoms with Crippen LogP contribution in [0.3, 0.4) is 0 Å². The Labute approximate surface area is 120 Å². The van der Waals surface area contributed by atoms with Crippen molar-refractivity contribution < 1.29 is 4.74 Å². The third-order valence-corrected chi connectivity index (χ3v) is 4.69. The highest BCUT2D eigenvalue weighted by Gasteiger charge is 2.41. The molecule has 0 spiro atoms. The lowest BCUT2D eigenvalue weighted by molar-refractivity contribution is 0.0417. The van der Waals surface area contributed by atoms with Crippen molar-refractivity contribution >= 4 is 11.6 Å². The summed E-state index contributed by atoms with van der Waals surface area (Å²) < 4.78 is 5.91. The average Bonchev–Trinajstić information content (AvgIpc) is 3.19. The lowest BCUT2D eigenvalue weighted by atomic mass is 9.97. The lowest BCUT2D eigenvalue weighted by Crippen LogP contribution is -2.31. The molecule has 1 N–H and O–H groups in total. The van der Waals surface area contributed by atoms with E-state index in [1.165, 1.54) is 24.0 Å². The topological polar surface area (TPSA) is 21.3 Å². The van der Waals surface area contributed by atoms with E-state index in [9.17, 15) is 0 Å². The molecule has 1 fully saturated rings. The van der Waals surface area contributed by atoms with Gasteiger partial charge in [0.2, 0.25) is 0 Å². The maximum atomic E-state index is 5.91. The van der Waals surface area contributed by atoms with Crippen LogP contribution in [0.2, 0.25) is 0 Å². The molecule has 1 aromatic carbocycles. The molecule has 0 radical (unpaired) electrons. The SMILES string of the molecule is ClCCC1(CNCC2OCCc3ccccc32)CC1. The van der Waals surface area contributed by atoms with Crippen LogP contribution in [0.5, 0.6) is 0 Å². The minimum Gasteiger partial charge on any atom is -0.372 e. The highest BCUT2D eigenvalue weighted by Crippen LogP contribution is 2.48. The number of halogens is 1. The summed E-state index contributed by atoms with van der Waals surface area (Å²) in [5.41, 5.74) is 3.31. The van der Waals surface area contributed by atoms with Crippen LogP contribution in [0.4, 0.5) is 0 Å². The third-order valence-electron chi connectivity index (χ3n) is 4.50. The van der Waals surface area contributed by atoms with E-state index in [0.717, 1.165) is 38.4 Å². The zero-order chi connectivity index (χ0) is 13.1. The second-order valence-electron chi connectivity index (χ2n) is 5.88. The van der Waals surface area contributed by atoms with E-state index >= 15 is 0 Å². The fourth-order valence-electron chi connectivity index (χ4n) is 3.01. The van der Waals surface area contributed by atoms with Gasteiger partial charge >= 0.3 is 0 Å². The predicted octanol–water partition coefficient (Wildman–Crippen LogP) is 3.30. The van der Waals surface area contributed by atoms with Gasteiger partial charge in [-0.15, -0.1) is 11.6 Å². The zero-order valence-corrected chi connectivity index (χ0v) is 12.1. The number of benzene rings is 1. The Kier molecular flexibility index (Phi) is 4.11. The first-order chi connectivity index (χ1) is 9.33. The molecular weight excluding hydrogens is 258 g/mol. The first-order valence-electron chi connectivity index (χ1n) is 7.29. The molecule has 0 aromatic heterocycles. The highest BCUT2D eigenvalue weighted by molar-refractivity contribution is 6.17. The molecule has 19 heavy (non-hydrogen) atoms. The molecule has 1 unspecified atom stereocenters. The van der Waals surface area contributed by atoms with Gasteiger partial charge in [0.25, 0.3) is 0 Å². The Balaban J connectivity index is 1.54. The van der Waals surface area contributed by atoms with E-state index in [0.29, 0.717) is 5.41 Å². The number of hydrogen-bond acceptors (Lipinski definition) is 2. The smallest absolute Gasteiger partial charge is 0.0952 e. The number of fused-ring (bicyclic) bond motifs is 1. The van der Waals surface area contributed by atoms with Crippen molar-refractivity contribution in [3.05, 3.63) is 35.4 Å². The van der Waals surface area contributed by atoms with Crippen molar-refractivity contribution in [2.45, 2.75) is 31.8 Å². The molecule has 1 atom stereocenters. The molecular formula is C16H22ClNO. The molecule has 2 aliphatic rings. The summed E-state index contributed by atoms with van der Waals surface area (Å²) in [4.78, 5) is 0. The number of rotatable bonds is 6. The van der Waals surface area contributed by atoms with Crippen molar-refractivity contribution in [2.24, 2.45) is 5.41 Å². The Morgan fingerprint density at radius 3 is 2.95 bits per heavy atom. The largest absolute Gasteiger partial charge is 0.372 e. The van der Waals surface area contributed by atoms with E-state index in [1.54, 1.807) is 0 Å². The second kappa shape index (κ2) is 5.82. The summed E-state index contributed by atoms with van der Waals surface area (Å²) in [6.45, 7) is 2.85. The van der Waals surface area contributed by atoms with Crippen LogP contribution < -0.4 is 5.32 Å². The van der Waals surface area contributed by atoms with Crippen LogP contribution in [0.15, 0.2) is 24.3 Å². The van der Waals surface area contributed by atoms with Crippen molar-refractivity contribution in [1.29, 1.82) is 0 Å². The van der Waals surface area contributed by atoms with Crippen molar-refractivity contribution in [1.82, 2.24) is 5.32 Å². The van der Waals surface area contributed by atoms with Gasteiger partial charge in [-0.2, -0.15) is 0 Å². The van der Waals surface area contributed by atoms with E-state index in [2.05, 4.69) is 29.6 Å². The molecule has 0 saturated heterocycles. The quantitative estimate of drug-likeness (QED) is 0.807. The Hall–Kier alpha value is -0.570. The molecule has 1 aliphatic carbocycles. The summed E-state index contributed by atoms with van der Waals surface area (Å²) in [5, 5.41) is 3.60. The van der Waals surface area contributed by atoms with E-state index < -0.39 is 0 Å². The maximum absolute atomic E-state index is 5.91. The number of hydrogen-bond donors (Lipinski definition) is 1. The molecule has 104 valence electrons. The van der Waals surface area contributed by atoms with Gasteiger partial charge in [-0.05, 0) is 42.2 Å². The normalized spacial score (nSPS) is 23.9. The van der Waals surface area contributed by atoms with Crippen LogP contribution in [0.25, 0.3) is 0 Å². The second-order valence-corrected chi connectivity index (χ2v) is 6.26. The molecule has 1 heterocycles. The molecule has 1 saturated carbocycles. The van der Waals surface area contributed by atoms with Gasteiger partial charge < -0.3 is 10.1 Å². The van der Waals surface area contributed by atoms with Gasteiger partial charge in [0.05, 0.1) is 12.7 Å². The Bertz CT molecular complexity index is 431. The third kappa shape index (κ3) is 3.13. The van der Waals surface area contributed by atoms with Crippen molar-refractivity contribution in [3.8, 4) is 0 Å². The molecule has 1 aromatic rings. The summed E-state index contributed by atoms with van der Waals surface area (Å²) in [7, 11) is 0. The Morgan fingerprint density at radius 2 is 2.16 bits per heavy atom. The van der Waals surface area contributed by atoms with Gasteiger partial charge in [0.15, 0.2) is 0 Å². The zero-order valence-electron chi connectivity index (χ0n) is 11.3. The fourth-order valence-corrected chi connectivity index (χ4v) is 3.41. The molecule has 3 rings (SSSR count). The highest BCUT2D eigenvalue weighted by atomic mass is 35.5. The van der Waals surface area contributed by atoms with Crippen LogP contribution >= 0.6 is 11.6 Å². The number of alkyl halides is 1. The predicted molar refractivity (Wildman–Crippen MR) is 78.7 cm³/mol. The minimum atomic E-state index is 0.219. The maximum Gasteiger partial charge on any atom is 0.0952 e. The van der Waals surface area contributed by atoms with Crippen molar-refractivity contribution in [2.75, 3.05) is 25.6 Å². The summed E-state index contributed by atoms with van der Waals surface area (Å²) >= 11 is 5.87. The standard InChI is InChI=1S/C16H22ClNO/c17-9-8-16(6-7-16)12-18-11-15-14-4-2-1-3-13(14)5-10-19-15/h1-4,15,18H,5-12H2. The van der Waals surface area contributed by atoms with Gasteiger partial charge in [0.1, 0.15) is 0 Å². The Morgan fingerprint density at radius 1 is 1.32 bits per heavy atom. The van der Waals surface area contributed by atoms with Gasteiger partial charge in [-0.3, -0.25) is 0 Å². The van der Waals surface area contributed by atoms with E-state index in [1.807, 2.05) is 0 Å². The molecule has 2 nitrogen and oxygen atoms in total. The number of nitrogens with one attached hydrogen (secondary N) is 1. The van der Waals surface area contributed by atoms with Crippen LogP contribution in [0, 0.1) is 5.41 Å². The van der Waals surface area contributed by atoms with Gasteiger partial charge in [-0.1, -0.05) is 24.3 Å². The van der Waals surface area contributed by atoms with Gasteiger partial charge in [0, 0.05) is 19.0 Å². The monoisotopic (exact) mass is 279 g/mol. The van der Waals surface area contributed by atoms with Crippen molar-refractivity contribution in [3.63, 3.8) is 0 Å².